The van der Waals surface area contributed by atoms with Crippen LogP contribution in [0.1, 0.15) is 18.5 Å². The Bertz CT molecular complexity index is 811. The summed E-state index contributed by atoms with van der Waals surface area (Å²) in [6.07, 6.45) is 1.96. The molecule has 25 heavy (non-hydrogen) atoms. The van der Waals surface area contributed by atoms with Gasteiger partial charge in [0.25, 0.3) is 5.56 Å². The number of carbonyl (C=O) groups is 1. The number of hydrogen-bond acceptors (Lipinski definition) is 4. The van der Waals surface area contributed by atoms with Crippen LogP contribution in [0, 0.1) is 12.7 Å². The third kappa shape index (κ3) is 4.30. The van der Waals surface area contributed by atoms with Crippen molar-refractivity contribution in [2.75, 3.05) is 13.2 Å². The summed E-state index contributed by atoms with van der Waals surface area (Å²) in [6.45, 7) is 2.71. The highest BCUT2D eigenvalue weighted by molar-refractivity contribution is 5.76. The third-order valence-corrected chi connectivity index (χ3v) is 4.09. The first-order valence-corrected chi connectivity index (χ1v) is 8.25. The molecule has 2 aromatic rings. The molecule has 1 saturated heterocycles. The Hall–Kier alpha value is -2.54. The van der Waals surface area contributed by atoms with E-state index in [0.717, 1.165) is 19.4 Å². The average Bonchev–Trinajstić information content (AvgIpc) is 3.09. The van der Waals surface area contributed by atoms with Crippen molar-refractivity contribution >= 4 is 5.91 Å². The van der Waals surface area contributed by atoms with Crippen molar-refractivity contribution in [1.82, 2.24) is 14.9 Å². The smallest absolute Gasteiger partial charge is 0.254 e. The first-order chi connectivity index (χ1) is 12.0. The zero-order valence-electron chi connectivity index (χ0n) is 14.0. The van der Waals surface area contributed by atoms with E-state index in [1.54, 1.807) is 6.92 Å². The molecule has 132 valence electrons. The number of halogens is 1. The molecule has 3 rings (SSSR count). The summed E-state index contributed by atoms with van der Waals surface area (Å²) in [5, 5.41) is 2.79. The van der Waals surface area contributed by atoms with Crippen molar-refractivity contribution in [2.45, 2.75) is 32.4 Å². The quantitative estimate of drug-likeness (QED) is 0.894. The molecule has 2 heterocycles. The van der Waals surface area contributed by atoms with Gasteiger partial charge in [0.05, 0.1) is 6.10 Å². The van der Waals surface area contributed by atoms with Crippen LogP contribution in [0.5, 0.6) is 0 Å². The van der Waals surface area contributed by atoms with Crippen LogP contribution in [-0.2, 0) is 16.1 Å². The lowest BCUT2D eigenvalue weighted by atomic mass is 10.2. The van der Waals surface area contributed by atoms with Crippen LogP contribution in [0.4, 0.5) is 4.39 Å². The molecule has 1 aliphatic rings. The number of ether oxygens (including phenoxy) is 1. The van der Waals surface area contributed by atoms with Gasteiger partial charge in [-0.05, 0) is 44.0 Å². The lowest BCUT2D eigenvalue weighted by Crippen LogP contribution is -2.37. The van der Waals surface area contributed by atoms with Crippen LogP contribution in [0.3, 0.4) is 0 Å². The number of benzene rings is 1. The van der Waals surface area contributed by atoms with Crippen molar-refractivity contribution in [1.29, 1.82) is 0 Å². The Labute approximate surface area is 144 Å². The largest absolute Gasteiger partial charge is 0.376 e. The summed E-state index contributed by atoms with van der Waals surface area (Å²) >= 11 is 0. The first kappa shape index (κ1) is 17.3. The molecule has 1 N–H and O–H groups in total. The third-order valence-electron chi connectivity index (χ3n) is 4.09. The zero-order chi connectivity index (χ0) is 17.8. The fourth-order valence-corrected chi connectivity index (χ4v) is 2.83. The Balaban J connectivity index is 1.81. The number of carbonyl (C=O) groups excluding carboxylic acids is 1. The maximum atomic E-state index is 13.2. The van der Waals surface area contributed by atoms with Crippen molar-refractivity contribution in [3.8, 4) is 11.4 Å². The molecule has 1 amide bonds. The van der Waals surface area contributed by atoms with E-state index in [1.165, 1.54) is 34.9 Å². The highest BCUT2D eigenvalue weighted by atomic mass is 19.1. The van der Waals surface area contributed by atoms with Gasteiger partial charge in [0, 0.05) is 30.5 Å². The Morgan fingerprint density at radius 2 is 2.16 bits per heavy atom. The van der Waals surface area contributed by atoms with Gasteiger partial charge < -0.3 is 10.1 Å². The van der Waals surface area contributed by atoms with Crippen LogP contribution < -0.4 is 10.9 Å². The van der Waals surface area contributed by atoms with Crippen LogP contribution in [0.2, 0.25) is 0 Å². The highest BCUT2D eigenvalue weighted by Gasteiger charge is 2.17. The number of amides is 1. The number of nitrogens with zero attached hydrogens (tertiary/aromatic N) is 2. The molecule has 0 unspecified atom stereocenters. The number of nitrogens with one attached hydrogen (secondary N) is 1. The molecular formula is C18H20FN3O3. The van der Waals surface area contributed by atoms with E-state index in [0.29, 0.717) is 23.6 Å². The van der Waals surface area contributed by atoms with E-state index >= 15 is 0 Å². The Morgan fingerprint density at radius 1 is 1.40 bits per heavy atom. The second-order valence-corrected chi connectivity index (χ2v) is 6.09. The van der Waals surface area contributed by atoms with Gasteiger partial charge in [0.2, 0.25) is 5.91 Å². The number of aromatic nitrogens is 2. The fraction of sp³-hybridized carbons (Fsp3) is 0.389. The highest BCUT2D eigenvalue weighted by Crippen LogP contribution is 2.17. The monoisotopic (exact) mass is 345 g/mol. The summed E-state index contributed by atoms with van der Waals surface area (Å²) in [4.78, 5) is 28.9. The Morgan fingerprint density at radius 3 is 2.84 bits per heavy atom. The molecule has 0 bridgehead atoms. The molecule has 1 aromatic carbocycles. The first-order valence-electron chi connectivity index (χ1n) is 8.25. The molecule has 1 fully saturated rings. The topological polar surface area (TPSA) is 73.2 Å². The van der Waals surface area contributed by atoms with Gasteiger partial charge in [0.15, 0.2) is 0 Å². The van der Waals surface area contributed by atoms with Crippen LogP contribution in [0.15, 0.2) is 35.1 Å². The van der Waals surface area contributed by atoms with E-state index < -0.39 is 0 Å². The minimum absolute atomic E-state index is 0.0355. The summed E-state index contributed by atoms with van der Waals surface area (Å²) in [5.41, 5.74) is 0.800. The van der Waals surface area contributed by atoms with E-state index in [2.05, 4.69) is 10.3 Å². The van der Waals surface area contributed by atoms with Gasteiger partial charge in [-0.25, -0.2) is 9.37 Å². The number of hydrogen-bond donors (Lipinski definition) is 1. The predicted molar refractivity (Wildman–Crippen MR) is 90.6 cm³/mol. The molecule has 1 aromatic heterocycles. The van der Waals surface area contributed by atoms with Crippen LogP contribution in [0.25, 0.3) is 11.4 Å². The van der Waals surface area contributed by atoms with E-state index in [4.69, 9.17) is 4.74 Å². The maximum absolute atomic E-state index is 13.2. The molecule has 7 heteroatoms. The minimum Gasteiger partial charge on any atom is -0.376 e. The van der Waals surface area contributed by atoms with E-state index in [9.17, 15) is 14.0 Å². The summed E-state index contributed by atoms with van der Waals surface area (Å²) in [6, 6.07) is 7.05. The number of rotatable bonds is 5. The summed E-state index contributed by atoms with van der Waals surface area (Å²) in [5.74, 6) is -0.316. The standard InChI is InChI=1S/C18H20FN3O3/c1-12-9-17(24)22(11-16(23)20-10-15-3-2-8-25-15)18(21-12)13-4-6-14(19)7-5-13/h4-7,9,15H,2-3,8,10-11H2,1H3,(H,20,23)/t15-/m0/s1. The van der Waals surface area contributed by atoms with Gasteiger partial charge in [-0.1, -0.05) is 0 Å². The van der Waals surface area contributed by atoms with Gasteiger partial charge in [0.1, 0.15) is 18.2 Å². The molecule has 0 aliphatic carbocycles. The van der Waals surface area contributed by atoms with Gasteiger partial charge in [-0.3, -0.25) is 14.2 Å². The minimum atomic E-state index is -0.375. The molecule has 0 saturated carbocycles. The lowest BCUT2D eigenvalue weighted by molar-refractivity contribution is -0.122. The molecule has 0 spiro atoms. The van der Waals surface area contributed by atoms with Crippen LogP contribution >= 0.6 is 0 Å². The normalized spacial score (nSPS) is 16.8. The molecule has 6 nitrogen and oxygen atoms in total. The second-order valence-electron chi connectivity index (χ2n) is 6.09. The van der Waals surface area contributed by atoms with E-state index in [1.807, 2.05) is 0 Å². The van der Waals surface area contributed by atoms with Gasteiger partial charge >= 0.3 is 0 Å². The van der Waals surface area contributed by atoms with Crippen LogP contribution in [-0.4, -0.2) is 34.7 Å². The SMILES string of the molecule is Cc1cc(=O)n(CC(=O)NC[C@@H]2CCCO2)c(-c2ccc(F)cc2)n1. The molecular weight excluding hydrogens is 325 g/mol. The molecule has 1 aliphatic heterocycles. The van der Waals surface area contributed by atoms with Crippen molar-refractivity contribution < 1.29 is 13.9 Å². The number of aryl methyl sites for hydroxylation is 1. The van der Waals surface area contributed by atoms with Gasteiger partial charge in [-0.2, -0.15) is 0 Å². The predicted octanol–water partition coefficient (Wildman–Crippen LogP) is 1.65. The Kier molecular flexibility index (Phi) is 5.23. The maximum Gasteiger partial charge on any atom is 0.254 e. The van der Waals surface area contributed by atoms with Crippen molar-refractivity contribution in [2.24, 2.45) is 0 Å². The zero-order valence-corrected chi connectivity index (χ0v) is 14.0. The average molecular weight is 345 g/mol. The van der Waals surface area contributed by atoms with Crippen molar-refractivity contribution in [3.63, 3.8) is 0 Å². The molecule has 1 atom stereocenters. The fourth-order valence-electron chi connectivity index (χ4n) is 2.83. The lowest BCUT2D eigenvalue weighted by Gasteiger charge is -2.14. The van der Waals surface area contributed by atoms with E-state index in [-0.39, 0.29) is 29.9 Å². The summed E-state index contributed by atoms with van der Waals surface area (Å²) < 4.78 is 19.9. The summed E-state index contributed by atoms with van der Waals surface area (Å²) in [7, 11) is 0. The molecule has 0 radical (unpaired) electrons. The van der Waals surface area contributed by atoms with Crippen molar-refractivity contribution in [3.05, 3.63) is 52.2 Å². The van der Waals surface area contributed by atoms with Gasteiger partial charge in [-0.15, -0.1) is 0 Å². The second kappa shape index (κ2) is 7.57.